The van der Waals surface area contributed by atoms with Gasteiger partial charge in [0.15, 0.2) is 0 Å². The number of anilines is 1. The predicted octanol–water partition coefficient (Wildman–Crippen LogP) is 2.14. The molecule has 0 bridgehead atoms. The zero-order valence-corrected chi connectivity index (χ0v) is 10.1. The van der Waals surface area contributed by atoms with E-state index in [4.69, 9.17) is 10.5 Å². The SMILES string of the molecule is CCN(c1cc(OC)ccc1CN)C1CC1. The molecule has 1 aliphatic rings. The summed E-state index contributed by atoms with van der Waals surface area (Å²) in [6, 6.07) is 6.86. The fourth-order valence-electron chi connectivity index (χ4n) is 2.12. The summed E-state index contributed by atoms with van der Waals surface area (Å²) in [5, 5.41) is 0. The second-order valence-corrected chi connectivity index (χ2v) is 4.22. The van der Waals surface area contributed by atoms with Gasteiger partial charge in [0.2, 0.25) is 0 Å². The summed E-state index contributed by atoms with van der Waals surface area (Å²) in [7, 11) is 1.70. The third kappa shape index (κ3) is 2.14. The van der Waals surface area contributed by atoms with Crippen LogP contribution in [0.15, 0.2) is 18.2 Å². The quantitative estimate of drug-likeness (QED) is 0.826. The summed E-state index contributed by atoms with van der Waals surface area (Å²) >= 11 is 0. The molecule has 0 heterocycles. The highest BCUT2D eigenvalue weighted by atomic mass is 16.5. The van der Waals surface area contributed by atoms with Crippen molar-refractivity contribution in [3.63, 3.8) is 0 Å². The van der Waals surface area contributed by atoms with Gasteiger partial charge in [-0.2, -0.15) is 0 Å². The molecule has 1 aliphatic carbocycles. The highest BCUT2D eigenvalue weighted by Gasteiger charge is 2.29. The van der Waals surface area contributed by atoms with E-state index in [2.05, 4.69) is 24.0 Å². The van der Waals surface area contributed by atoms with Gasteiger partial charge in [-0.15, -0.1) is 0 Å². The molecule has 0 aliphatic heterocycles. The van der Waals surface area contributed by atoms with Gasteiger partial charge in [-0.25, -0.2) is 0 Å². The molecule has 0 saturated heterocycles. The van der Waals surface area contributed by atoms with Gasteiger partial charge in [-0.3, -0.25) is 0 Å². The monoisotopic (exact) mass is 220 g/mol. The number of hydrogen-bond acceptors (Lipinski definition) is 3. The summed E-state index contributed by atoms with van der Waals surface area (Å²) in [6.45, 7) is 3.81. The Balaban J connectivity index is 2.34. The molecule has 3 heteroatoms. The van der Waals surface area contributed by atoms with E-state index in [-0.39, 0.29) is 0 Å². The lowest BCUT2D eigenvalue weighted by molar-refractivity contribution is 0.414. The Kier molecular flexibility index (Phi) is 3.34. The Labute approximate surface area is 97.2 Å². The first kappa shape index (κ1) is 11.3. The summed E-state index contributed by atoms with van der Waals surface area (Å²) in [5.74, 6) is 0.909. The van der Waals surface area contributed by atoms with Crippen LogP contribution in [0.4, 0.5) is 5.69 Å². The van der Waals surface area contributed by atoms with Crippen molar-refractivity contribution in [1.82, 2.24) is 0 Å². The van der Waals surface area contributed by atoms with Gasteiger partial charge in [0.1, 0.15) is 5.75 Å². The Morgan fingerprint density at radius 3 is 2.69 bits per heavy atom. The van der Waals surface area contributed by atoms with Crippen LogP contribution in [0, 0.1) is 0 Å². The smallest absolute Gasteiger partial charge is 0.120 e. The van der Waals surface area contributed by atoms with Crippen molar-refractivity contribution >= 4 is 5.69 Å². The molecule has 3 nitrogen and oxygen atoms in total. The summed E-state index contributed by atoms with van der Waals surface area (Å²) < 4.78 is 5.28. The van der Waals surface area contributed by atoms with E-state index in [0.717, 1.165) is 12.3 Å². The van der Waals surface area contributed by atoms with Crippen molar-refractivity contribution in [2.24, 2.45) is 5.73 Å². The van der Waals surface area contributed by atoms with Gasteiger partial charge in [0, 0.05) is 30.9 Å². The van der Waals surface area contributed by atoms with E-state index in [0.29, 0.717) is 12.6 Å². The second kappa shape index (κ2) is 4.74. The molecule has 1 saturated carbocycles. The van der Waals surface area contributed by atoms with E-state index in [9.17, 15) is 0 Å². The molecule has 0 aromatic heterocycles. The molecule has 1 aromatic rings. The van der Waals surface area contributed by atoms with Crippen LogP contribution in [0.1, 0.15) is 25.3 Å². The van der Waals surface area contributed by atoms with Crippen molar-refractivity contribution in [1.29, 1.82) is 0 Å². The normalized spacial score (nSPS) is 14.9. The minimum Gasteiger partial charge on any atom is -0.497 e. The third-order valence-electron chi connectivity index (χ3n) is 3.15. The molecular weight excluding hydrogens is 200 g/mol. The number of ether oxygens (including phenoxy) is 1. The van der Waals surface area contributed by atoms with Gasteiger partial charge < -0.3 is 15.4 Å². The first-order chi connectivity index (χ1) is 7.80. The fraction of sp³-hybridized carbons (Fsp3) is 0.538. The Morgan fingerprint density at radius 2 is 2.19 bits per heavy atom. The lowest BCUT2D eigenvalue weighted by atomic mass is 10.1. The number of nitrogens with zero attached hydrogens (tertiary/aromatic N) is 1. The molecule has 2 rings (SSSR count). The Morgan fingerprint density at radius 1 is 1.44 bits per heavy atom. The van der Waals surface area contributed by atoms with Gasteiger partial charge in [-0.1, -0.05) is 6.07 Å². The zero-order valence-electron chi connectivity index (χ0n) is 10.1. The lowest BCUT2D eigenvalue weighted by Crippen LogP contribution is -2.26. The van der Waals surface area contributed by atoms with E-state index < -0.39 is 0 Å². The first-order valence-corrected chi connectivity index (χ1v) is 5.93. The Bertz CT molecular complexity index is 361. The molecule has 2 N–H and O–H groups in total. The van der Waals surface area contributed by atoms with Crippen molar-refractivity contribution in [2.75, 3.05) is 18.6 Å². The van der Waals surface area contributed by atoms with Crippen LogP contribution in [0.5, 0.6) is 5.75 Å². The molecule has 0 amide bonds. The van der Waals surface area contributed by atoms with Crippen molar-refractivity contribution in [3.8, 4) is 5.75 Å². The maximum atomic E-state index is 5.79. The zero-order chi connectivity index (χ0) is 11.5. The molecule has 0 radical (unpaired) electrons. The third-order valence-corrected chi connectivity index (χ3v) is 3.15. The predicted molar refractivity (Wildman–Crippen MR) is 66.9 cm³/mol. The Hall–Kier alpha value is -1.22. The number of nitrogens with two attached hydrogens (primary N) is 1. The molecule has 0 unspecified atom stereocenters. The summed E-state index contributed by atoms with van der Waals surface area (Å²) in [6.07, 6.45) is 2.60. The van der Waals surface area contributed by atoms with Gasteiger partial charge in [-0.05, 0) is 31.4 Å². The largest absolute Gasteiger partial charge is 0.497 e. The minimum absolute atomic E-state index is 0.586. The van der Waals surface area contributed by atoms with E-state index in [1.54, 1.807) is 7.11 Å². The summed E-state index contributed by atoms with van der Waals surface area (Å²) in [4.78, 5) is 2.44. The maximum Gasteiger partial charge on any atom is 0.120 e. The molecule has 88 valence electrons. The van der Waals surface area contributed by atoms with E-state index >= 15 is 0 Å². The highest BCUT2D eigenvalue weighted by molar-refractivity contribution is 5.58. The average Bonchev–Trinajstić information content (AvgIpc) is 3.14. The van der Waals surface area contributed by atoms with Gasteiger partial charge >= 0.3 is 0 Å². The van der Waals surface area contributed by atoms with Crippen LogP contribution in [-0.4, -0.2) is 19.7 Å². The van der Waals surface area contributed by atoms with Crippen LogP contribution in [0.3, 0.4) is 0 Å². The number of rotatable bonds is 5. The van der Waals surface area contributed by atoms with Crippen molar-refractivity contribution < 1.29 is 4.74 Å². The number of hydrogen-bond donors (Lipinski definition) is 1. The fourth-order valence-corrected chi connectivity index (χ4v) is 2.12. The molecule has 16 heavy (non-hydrogen) atoms. The minimum atomic E-state index is 0.586. The van der Waals surface area contributed by atoms with Gasteiger partial charge in [0.05, 0.1) is 7.11 Å². The molecule has 1 aromatic carbocycles. The van der Waals surface area contributed by atoms with Gasteiger partial charge in [0.25, 0.3) is 0 Å². The van der Waals surface area contributed by atoms with Crippen LogP contribution < -0.4 is 15.4 Å². The molecule has 1 fully saturated rings. The number of methoxy groups -OCH3 is 1. The topological polar surface area (TPSA) is 38.5 Å². The van der Waals surface area contributed by atoms with Crippen LogP contribution in [0.25, 0.3) is 0 Å². The van der Waals surface area contributed by atoms with Crippen molar-refractivity contribution in [2.45, 2.75) is 32.4 Å². The van der Waals surface area contributed by atoms with E-state index in [1.165, 1.54) is 24.1 Å². The van der Waals surface area contributed by atoms with Crippen LogP contribution in [-0.2, 0) is 6.54 Å². The molecule has 0 atom stereocenters. The molecule has 0 spiro atoms. The highest BCUT2D eigenvalue weighted by Crippen LogP contribution is 2.35. The number of benzene rings is 1. The van der Waals surface area contributed by atoms with Crippen molar-refractivity contribution in [3.05, 3.63) is 23.8 Å². The maximum absolute atomic E-state index is 5.79. The van der Waals surface area contributed by atoms with Crippen LogP contribution in [0.2, 0.25) is 0 Å². The summed E-state index contributed by atoms with van der Waals surface area (Å²) in [5.41, 5.74) is 8.23. The lowest BCUT2D eigenvalue weighted by Gasteiger charge is -2.25. The second-order valence-electron chi connectivity index (χ2n) is 4.22. The van der Waals surface area contributed by atoms with E-state index in [1.807, 2.05) is 6.07 Å². The first-order valence-electron chi connectivity index (χ1n) is 5.93. The van der Waals surface area contributed by atoms with Crippen LogP contribution >= 0.6 is 0 Å². The average molecular weight is 220 g/mol. The standard InChI is InChI=1S/C13H20N2O/c1-3-15(11-5-6-11)13-8-12(16-2)7-4-10(13)9-14/h4,7-8,11H,3,5-6,9,14H2,1-2H3. The molecular formula is C13H20N2O.